The standard InChI is InChI=1S/C44H28O/c1-3-14-29(15-4-1)31-18-13-19-32(28-31)41-34-21-7-9-23-36(34)43(37-24-10-8-22-35(37)41)39-27-26-38-33-20-11-12-25-40(33)45-44(38)42(39)30-16-5-2-6-17-30/h1-28H/i11D,12D,20D,25D,26D,27D. The summed E-state index contributed by atoms with van der Waals surface area (Å²) >= 11 is 0. The van der Waals surface area contributed by atoms with E-state index in [0.717, 1.165) is 54.9 Å². The van der Waals surface area contributed by atoms with Crippen molar-refractivity contribution in [1.82, 2.24) is 0 Å². The minimum Gasteiger partial charge on any atom is -0.455 e. The molecule has 210 valence electrons. The Morgan fingerprint density at radius 2 is 0.933 bits per heavy atom. The summed E-state index contributed by atoms with van der Waals surface area (Å²) in [5, 5.41) is 4.10. The Morgan fingerprint density at radius 3 is 1.62 bits per heavy atom. The van der Waals surface area contributed by atoms with Crippen LogP contribution in [0.25, 0.3) is 88.0 Å². The summed E-state index contributed by atoms with van der Waals surface area (Å²) in [6, 6.07) is 43.1. The number of hydrogen-bond acceptors (Lipinski definition) is 1. The quantitative estimate of drug-likeness (QED) is 0.189. The Balaban J connectivity index is 1.46. The van der Waals surface area contributed by atoms with Crippen LogP contribution in [-0.4, -0.2) is 0 Å². The highest BCUT2D eigenvalue weighted by Gasteiger charge is 2.22. The van der Waals surface area contributed by atoms with Crippen LogP contribution < -0.4 is 0 Å². The number of para-hydroxylation sites is 1. The van der Waals surface area contributed by atoms with Gasteiger partial charge in [0.2, 0.25) is 0 Å². The largest absolute Gasteiger partial charge is 0.455 e. The fourth-order valence-corrected chi connectivity index (χ4v) is 6.68. The topological polar surface area (TPSA) is 13.1 Å². The van der Waals surface area contributed by atoms with Crippen molar-refractivity contribution < 1.29 is 12.6 Å². The minimum absolute atomic E-state index is 0.0263. The molecule has 0 atom stereocenters. The summed E-state index contributed by atoms with van der Waals surface area (Å²) in [6.07, 6.45) is 0. The SMILES string of the molecule is [2H]c1c([2H])c([2H])c2c(oc3c(-c4ccccc4)c(-c4c5ccccc5c(-c5cccc(-c6ccccc6)c5)c5ccccc45)c([2H])c([2H])c32)c1[2H]. The molecule has 8 aromatic carbocycles. The third-order valence-corrected chi connectivity index (χ3v) is 8.63. The Labute approximate surface area is 270 Å². The van der Waals surface area contributed by atoms with Crippen molar-refractivity contribution in [3.05, 3.63) is 170 Å². The van der Waals surface area contributed by atoms with Crippen molar-refractivity contribution in [2.75, 3.05) is 0 Å². The molecule has 1 heterocycles. The smallest absolute Gasteiger partial charge is 0.143 e. The first-order chi connectivity index (χ1) is 24.8. The van der Waals surface area contributed by atoms with E-state index in [1.165, 1.54) is 0 Å². The van der Waals surface area contributed by atoms with E-state index in [-0.39, 0.29) is 46.1 Å². The second-order valence-corrected chi connectivity index (χ2v) is 11.2. The first-order valence-electron chi connectivity index (χ1n) is 18.0. The monoisotopic (exact) mass is 578 g/mol. The number of rotatable bonds is 4. The molecule has 1 aromatic heterocycles. The second kappa shape index (κ2) is 10.4. The lowest BCUT2D eigenvalue weighted by atomic mass is 9.83. The predicted molar refractivity (Wildman–Crippen MR) is 190 cm³/mol. The van der Waals surface area contributed by atoms with Crippen LogP contribution >= 0.6 is 0 Å². The zero-order valence-corrected chi connectivity index (χ0v) is 24.1. The molecule has 1 nitrogen and oxygen atoms in total. The third-order valence-electron chi connectivity index (χ3n) is 8.63. The van der Waals surface area contributed by atoms with Crippen LogP contribution in [0.4, 0.5) is 0 Å². The van der Waals surface area contributed by atoms with Crippen LogP contribution in [0, 0.1) is 0 Å². The molecule has 0 aliphatic rings. The van der Waals surface area contributed by atoms with E-state index in [2.05, 4.69) is 60.7 Å². The number of benzene rings is 8. The predicted octanol–water partition coefficient (Wildman–Crippen LogP) is 12.6. The van der Waals surface area contributed by atoms with Gasteiger partial charge >= 0.3 is 0 Å². The molecule has 0 saturated carbocycles. The molecule has 0 N–H and O–H groups in total. The van der Waals surface area contributed by atoms with Crippen LogP contribution in [0.15, 0.2) is 174 Å². The molecular weight excluding hydrogens is 544 g/mol. The summed E-state index contributed by atoms with van der Waals surface area (Å²) in [4.78, 5) is 0. The van der Waals surface area contributed by atoms with Gasteiger partial charge in [0, 0.05) is 16.3 Å². The fourth-order valence-electron chi connectivity index (χ4n) is 6.68. The van der Waals surface area contributed by atoms with E-state index in [1.807, 2.05) is 72.8 Å². The maximum absolute atomic E-state index is 9.71. The van der Waals surface area contributed by atoms with Gasteiger partial charge in [0.25, 0.3) is 0 Å². The van der Waals surface area contributed by atoms with Crippen molar-refractivity contribution in [3.63, 3.8) is 0 Å². The number of fused-ring (bicyclic) bond motifs is 5. The molecule has 0 fully saturated rings. The second-order valence-electron chi connectivity index (χ2n) is 11.2. The molecule has 9 rings (SSSR count). The van der Waals surface area contributed by atoms with Crippen LogP contribution in [-0.2, 0) is 0 Å². The van der Waals surface area contributed by atoms with E-state index in [0.29, 0.717) is 11.1 Å². The van der Waals surface area contributed by atoms with E-state index in [1.54, 1.807) is 0 Å². The first-order valence-corrected chi connectivity index (χ1v) is 15.0. The van der Waals surface area contributed by atoms with Crippen molar-refractivity contribution in [1.29, 1.82) is 0 Å². The lowest BCUT2D eigenvalue weighted by Crippen LogP contribution is -1.93. The minimum atomic E-state index is -0.408. The van der Waals surface area contributed by atoms with E-state index < -0.39 is 12.1 Å². The molecule has 0 unspecified atom stereocenters. The highest BCUT2D eigenvalue weighted by atomic mass is 16.3. The summed E-state index contributed by atoms with van der Waals surface area (Å²) in [5.74, 6) is 0. The maximum Gasteiger partial charge on any atom is 0.143 e. The average molecular weight is 579 g/mol. The van der Waals surface area contributed by atoms with Gasteiger partial charge in [0.05, 0.1) is 8.22 Å². The van der Waals surface area contributed by atoms with Gasteiger partial charge in [-0.3, -0.25) is 0 Å². The van der Waals surface area contributed by atoms with E-state index >= 15 is 0 Å². The van der Waals surface area contributed by atoms with Gasteiger partial charge in [-0.2, -0.15) is 0 Å². The average Bonchev–Trinajstić information content (AvgIpc) is 3.58. The molecule has 1 heteroatoms. The molecular formula is C44H28O. The van der Waals surface area contributed by atoms with Gasteiger partial charge in [-0.15, -0.1) is 0 Å². The van der Waals surface area contributed by atoms with Crippen molar-refractivity contribution in [2.45, 2.75) is 0 Å². The van der Waals surface area contributed by atoms with E-state index in [9.17, 15) is 2.74 Å². The highest BCUT2D eigenvalue weighted by Crippen LogP contribution is 2.49. The van der Waals surface area contributed by atoms with Crippen molar-refractivity contribution in [3.8, 4) is 44.5 Å². The molecule has 0 spiro atoms. The Morgan fingerprint density at radius 1 is 0.378 bits per heavy atom. The maximum atomic E-state index is 9.71. The highest BCUT2D eigenvalue weighted by molar-refractivity contribution is 6.24. The van der Waals surface area contributed by atoms with E-state index in [4.69, 9.17) is 9.90 Å². The lowest BCUT2D eigenvalue weighted by Gasteiger charge is -2.20. The van der Waals surface area contributed by atoms with Crippen LogP contribution in [0.3, 0.4) is 0 Å². The third kappa shape index (κ3) is 4.09. The normalized spacial score (nSPS) is 13.4. The van der Waals surface area contributed by atoms with Gasteiger partial charge in [-0.25, -0.2) is 0 Å². The van der Waals surface area contributed by atoms with Gasteiger partial charge in [-0.05, 0) is 78.6 Å². The van der Waals surface area contributed by atoms with Gasteiger partial charge in [0.1, 0.15) is 11.2 Å². The number of furan rings is 1. The zero-order chi connectivity index (χ0) is 35.0. The van der Waals surface area contributed by atoms with Crippen molar-refractivity contribution >= 4 is 43.5 Å². The van der Waals surface area contributed by atoms with Crippen LogP contribution in [0.5, 0.6) is 0 Å². The molecule has 45 heavy (non-hydrogen) atoms. The lowest BCUT2D eigenvalue weighted by molar-refractivity contribution is 0.670. The molecule has 0 bridgehead atoms. The molecule has 0 aliphatic heterocycles. The Bertz CT molecular complexity index is 2800. The van der Waals surface area contributed by atoms with Gasteiger partial charge in [-0.1, -0.05) is 152 Å². The molecule has 0 saturated heterocycles. The zero-order valence-electron chi connectivity index (χ0n) is 30.1. The van der Waals surface area contributed by atoms with Crippen LogP contribution in [0.2, 0.25) is 0 Å². The van der Waals surface area contributed by atoms with Crippen molar-refractivity contribution in [2.24, 2.45) is 0 Å². The molecule has 0 aliphatic carbocycles. The molecule has 9 aromatic rings. The molecule has 0 radical (unpaired) electrons. The van der Waals surface area contributed by atoms with Gasteiger partial charge in [0.15, 0.2) is 0 Å². The summed E-state index contributed by atoms with van der Waals surface area (Å²) in [5.41, 5.74) is 7.18. The Hall–Kier alpha value is -5.92. The summed E-state index contributed by atoms with van der Waals surface area (Å²) in [7, 11) is 0. The fraction of sp³-hybridized carbons (Fsp3) is 0. The van der Waals surface area contributed by atoms with Gasteiger partial charge < -0.3 is 4.42 Å². The number of hydrogen-bond donors (Lipinski definition) is 0. The molecule has 0 amide bonds. The van der Waals surface area contributed by atoms with Crippen LogP contribution in [0.1, 0.15) is 8.22 Å². The Kier molecular flexibility index (Phi) is 4.63. The first kappa shape index (κ1) is 20.1. The summed E-state index contributed by atoms with van der Waals surface area (Å²) < 4.78 is 59.7. The summed E-state index contributed by atoms with van der Waals surface area (Å²) in [6.45, 7) is 0.